The second kappa shape index (κ2) is 4.75. The molecule has 0 bridgehead atoms. The van der Waals surface area contributed by atoms with Gasteiger partial charge < -0.3 is 5.73 Å². The number of hydrogen-bond acceptors (Lipinski definition) is 5. The van der Waals surface area contributed by atoms with Gasteiger partial charge in [0.15, 0.2) is 0 Å². The molecule has 0 amide bonds. The van der Waals surface area contributed by atoms with Gasteiger partial charge in [-0.05, 0) is 26.0 Å². The molecule has 2 heterocycles. The first kappa shape index (κ1) is 12.3. The summed E-state index contributed by atoms with van der Waals surface area (Å²) in [7, 11) is 0. The molecule has 0 unspecified atom stereocenters. The van der Waals surface area contributed by atoms with Crippen LogP contribution in [0.5, 0.6) is 0 Å². The molecule has 3 rings (SSSR count). The molecule has 3 aromatic rings. The zero-order chi connectivity index (χ0) is 13.4. The minimum Gasteiger partial charge on any atom is -0.399 e. The number of rotatable bonds is 2. The van der Waals surface area contributed by atoms with Crippen molar-refractivity contribution in [1.29, 1.82) is 0 Å². The predicted molar refractivity (Wildman–Crippen MR) is 82.5 cm³/mol. The van der Waals surface area contributed by atoms with Crippen LogP contribution in [-0.4, -0.2) is 9.97 Å². The van der Waals surface area contributed by atoms with E-state index in [1.165, 1.54) is 0 Å². The second-order valence-corrected chi connectivity index (χ2v) is 6.37. The summed E-state index contributed by atoms with van der Waals surface area (Å²) >= 11 is 3.32. The molecule has 0 spiro atoms. The van der Waals surface area contributed by atoms with E-state index < -0.39 is 0 Å². The van der Waals surface area contributed by atoms with Crippen molar-refractivity contribution in [2.75, 3.05) is 5.73 Å². The SMILES string of the molecule is Cc1nc(C)c(-c2csc(-c3cccc(N)c3)n2)s1. The van der Waals surface area contributed by atoms with Crippen LogP contribution in [0.15, 0.2) is 29.6 Å². The lowest BCUT2D eigenvalue weighted by Crippen LogP contribution is -1.85. The number of nitrogens with zero attached hydrogens (tertiary/aromatic N) is 2. The predicted octanol–water partition coefficient (Wildman–Crippen LogP) is 4.13. The fourth-order valence-corrected chi connectivity index (χ4v) is 3.71. The van der Waals surface area contributed by atoms with E-state index in [-0.39, 0.29) is 0 Å². The molecule has 2 aromatic heterocycles. The first-order valence-corrected chi connectivity index (χ1v) is 7.59. The van der Waals surface area contributed by atoms with Crippen molar-refractivity contribution in [2.45, 2.75) is 13.8 Å². The van der Waals surface area contributed by atoms with Crippen LogP contribution >= 0.6 is 22.7 Å². The fourth-order valence-electron chi connectivity index (χ4n) is 1.95. The number of aromatic nitrogens is 2. The Morgan fingerprint density at radius 3 is 2.68 bits per heavy atom. The molecule has 0 saturated heterocycles. The summed E-state index contributed by atoms with van der Waals surface area (Å²) in [5, 5.41) is 4.15. The van der Waals surface area contributed by atoms with Gasteiger partial charge in [0, 0.05) is 16.6 Å². The lowest BCUT2D eigenvalue weighted by Gasteiger charge is -1.97. The maximum Gasteiger partial charge on any atom is 0.124 e. The van der Waals surface area contributed by atoms with Gasteiger partial charge in [-0.25, -0.2) is 9.97 Å². The van der Waals surface area contributed by atoms with Gasteiger partial charge in [0.05, 0.1) is 21.3 Å². The molecule has 0 atom stereocenters. The van der Waals surface area contributed by atoms with E-state index in [9.17, 15) is 0 Å². The molecule has 96 valence electrons. The summed E-state index contributed by atoms with van der Waals surface area (Å²) in [6.07, 6.45) is 0. The van der Waals surface area contributed by atoms with Gasteiger partial charge in [-0.15, -0.1) is 22.7 Å². The average Bonchev–Trinajstić information content (AvgIpc) is 2.96. The van der Waals surface area contributed by atoms with Gasteiger partial charge in [0.1, 0.15) is 5.01 Å². The number of nitrogen functional groups attached to an aromatic ring is 1. The quantitative estimate of drug-likeness (QED) is 0.721. The Hall–Kier alpha value is -1.72. The van der Waals surface area contributed by atoms with Crippen LogP contribution in [0.2, 0.25) is 0 Å². The highest BCUT2D eigenvalue weighted by atomic mass is 32.1. The Kier molecular flexibility index (Phi) is 3.08. The van der Waals surface area contributed by atoms with E-state index in [4.69, 9.17) is 10.7 Å². The zero-order valence-corrected chi connectivity index (χ0v) is 12.3. The van der Waals surface area contributed by atoms with Crippen molar-refractivity contribution in [3.63, 3.8) is 0 Å². The molecule has 0 aliphatic rings. The van der Waals surface area contributed by atoms with Gasteiger partial charge in [-0.2, -0.15) is 0 Å². The van der Waals surface area contributed by atoms with Crippen molar-refractivity contribution in [1.82, 2.24) is 9.97 Å². The molecular weight excluding hydrogens is 274 g/mol. The molecule has 19 heavy (non-hydrogen) atoms. The van der Waals surface area contributed by atoms with Crippen molar-refractivity contribution in [2.24, 2.45) is 0 Å². The number of hydrogen-bond donors (Lipinski definition) is 1. The van der Waals surface area contributed by atoms with Crippen LogP contribution < -0.4 is 5.73 Å². The third kappa shape index (κ3) is 2.39. The Morgan fingerprint density at radius 2 is 2.00 bits per heavy atom. The van der Waals surface area contributed by atoms with Gasteiger partial charge in [-0.1, -0.05) is 12.1 Å². The fraction of sp³-hybridized carbons (Fsp3) is 0.143. The summed E-state index contributed by atoms with van der Waals surface area (Å²) in [6, 6.07) is 7.82. The van der Waals surface area contributed by atoms with Gasteiger partial charge in [0.25, 0.3) is 0 Å². The van der Waals surface area contributed by atoms with Crippen LogP contribution in [0, 0.1) is 13.8 Å². The minimum atomic E-state index is 0.763. The lowest BCUT2D eigenvalue weighted by atomic mass is 10.2. The van der Waals surface area contributed by atoms with E-state index in [0.717, 1.165) is 37.5 Å². The molecule has 0 saturated carbocycles. The number of benzene rings is 1. The summed E-state index contributed by atoms with van der Waals surface area (Å²) in [4.78, 5) is 10.3. The molecule has 5 heteroatoms. The minimum absolute atomic E-state index is 0.763. The second-order valence-electron chi connectivity index (χ2n) is 4.31. The van der Waals surface area contributed by atoms with Gasteiger partial charge in [0.2, 0.25) is 0 Å². The topological polar surface area (TPSA) is 51.8 Å². The highest BCUT2D eigenvalue weighted by Gasteiger charge is 2.12. The molecule has 1 aromatic carbocycles. The average molecular weight is 287 g/mol. The Bertz CT molecular complexity index is 728. The number of nitrogens with two attached hydrogens (primary N) is 1. The van der Waals surface area contributed by atoms with E-state index in [2.05, 4.69) is 10.4 Å². The summed E-state index contributed by atoms with van der Waals surface area (Å²) in [6.45, 7) is 4.05. The van der Waals surface area contributed by atoms with Crippen LogP contribution in [0.1, 0.15) is 10.7 Å². The van der Waals surface area contributed by atoms with Gasteiger partial charge >= 0.3 is 0 Å². The summed E-state index contributed by atoms with van der Waals surface area (Å²) in [5.41, 5.74) is 9.69. The lowest BCUT2D eigenvalue weighted by molar-refractivity contribution is 1.20. The molecule has 0 fully saturated rings. The Labute approximate surface area is 119 Å². The maximum atomic E-state index is 5.81. The molecule has 0 aliphatic heterocycles. The number of thiazole rings is 2. The van der Waals surface area contributed by atoms with E-state index >= 15 is 0 Å². The highest BCUT2D eigenvalue weighted by Crippen LogP contribution is 2.34. The molecule has 2 N–H and O–H groups in total. The maximum absolute atomic E-state index is 5.81. The number of anilines is 1. The van der Waals surface area contributed by atoms with Crippen molar-refractivity contribution in [3.8, 4) is 21.1 Å². The van der Waals surface area contributed by atoms with Crippen LogP contribution in [-0.2, 0) is 0 Å². The molecule has 0 aliphatic carbocycles. The van der Waals surface area contributed by atoms with Gasteiger partial charge in [-0.3, -0.25) is 0 Å². The Balaban J connectivity index is 2.02. The smallest absolute Gasteiger partial charge is 0.124 e. The van der Waals surface area contributed by atoms with Crippen molar-refractivity contribution >= 4 is 28.4 Å². The Morgan fingerprint density at radius 1 is 1.16 bits per heavy atom. The van der Waals surface area contributed by atoms with Crippen molar-refractivity contribution < 1.29 is 0 Å². The van der Waals surface area contributed by atoms with Crippen LogP contribution in [0.4, 0.5) is 5.69 Å². The first-order valence-electron chi connectivity index (χ1n) is 5.89. The van der Waals surface area contributed by atoms with Crippen LogP contribution in [0.25, 0.3) is 21.1 Å². The summed E-state index contributed by atoms with van der Waals surface area (Å²) in [5.74, 6) is 0. The normalized spacial score (nSPS) is 10.8. The summed E-state index contributed by atoms with van der Waals surface area (Å²) < 4.78 is 0. The molecule has 0 radical (unpaired) electrons. The highest BCUT2D eigenvalue weighted by molar-refractivity contribution is 7.16. The van der Waals surface area contributed by atoms with Crippen molar-refractivity contribution in [3.05, 3.63) is 40.3 Å². The largest absolute Gasteiger partial charge is 0.399 e. The van der Waals surface area contributed by atoms with E-state index in [1.54, 1.807) is 22.7 Å². The zero-order valence-electron chi connectivity index (χ0n) is 10.7. The van der Waals surface area contributed by atoms with Crippen LogP contribution in [0.3, 0.4) is 0 Å². The monoisotopic (exact) mass is 287 g/mol. The van der Waals surface area contributed by atoms with E-state index in [0.29, 0.717) is 0 Å². The molecule has 3 nitrogen and oxygen atoms in total. The third-order valence-electron chi connectivity index (χ3n) is 2.77. The van der Waals surface area contributed by atoms with E-state index in [1.807, 2.05) is 38.1 Å². The standard InChI is InChI=1S/C14H13N3S2/c1-8-13(19-9(2)16-8)12-7-18-14(17-12)10-4-3-5-11(15)6-10/h3-7H,15H2,1-2H3. The molecular formula is C14H13N3S2. The third-order valence-corrected chi connectivity index (χ3v) is 4.76. The number of aryl methyl sites for hydroxylation is 2. The first-order chi connectivity index (χ1) is 9.13.